The zero-order chi connectivity index (χ0) is 18.7. The maximum atomic E-state index is 13.2. The highest BCUT2D eigenvalue weighted by Crippen LogP contribution is 2.43. The molecular weight excluding hydrogens is 341 g/mol. The molecule has 1 aromatic rings. The number of alkyl carbamates (subject to hydrolysis) is 1. The summed E-state index contributed by atoms with van der Waals surface area (Å²) in [5.74, 6) is -1.20. The van der Waals surface area contributed by atoms with Crippen molar-refractivity contribution in [3.63, 3.8) is 0 Å². The fraction of sp³-hybridized carbons (Fsp3) is 0.368. The van der Waals surface area contributed by atoms with E-state index in [1.165, 1.54) is 25.5 Å². The highest BCUT2D eigenvalue weighted by molar-refractivity contribution is 5.89. The van der Waals surface area contributed by atoms with E-state index in [0.717, 1.165) is 5.57 Å². The molecule has 1 aliphatic carbocycles. The number of esters is 1. The van der Waals surface area contributed by atoms with E-state index >= 15 is 0 Å². The summed E-state index contributed by atoms with van der Waals surface area (Å²) in [6, 6.07) is 5.94. The minimum Gasteiger partial charge on any atom is -0.466 e. The molecule has 0 radical (unpaired) electrons. The Morgan fingerprint density at radius 2 is 2.19 bits per heavy atom. The van der Waals surface area contributed by atoms with E-state index in [2.05, 4.69) is 5.32 Å². The lowest BCUT2D eigenvalue weighted by Crippen LogP contribution is -2.40. The Bertz CT molecular complexity index is 773. The van der Waals surface area contributed by atoms with Gasteiger partial charge in [0.2, 0.25) is 0 Å². The molecule has 138 valence electrons. The number of rotatable bonds is 4. The summed E-state index contributed by atoms with van der Waals surface area (Å²) in [6.45, 7) is 2.05. The zero-order valence-corrected chi connectivity index (χ0v) is 14.5. The lowest BCUT2D eigenvalue weighted by atomic mass is 9.84. The van der Waals surface area contributed by atoms with E-state index in [0.29, 0.717) is 17.6 Å². The highest BCUT2D eigenvalue weighted by Gasteiger charge is 2.44. The van der Waals surface area contributed by atoms with Gasteiger partial charge >= 0.3 is 12.1 Å². The lowest BCUT2D eigenvalue weighted by Gasteiger charge is -2.33. The van der Waals surface area contributed by atoms with Crippen LogP contribution in [0, 0.1) is 17.7 Å². The molecule has 0 fully saturated rings. The second-order valence-corrected chi connectivity index (χ2v) is 6.27. The summed E-state index contributed by atoms with van der Waals surface area (Å²) in [5, 5.41) is 2.57. The van der Waals surface area contributed by atoms with E-state index in [1.54, 1.807) is 12.1 Å². The average Bonchev–Trinajstić information content (AvgIpc) is 3.02. The molecule has 1 aromatic carbocycles. The molecule has 6 nitrogen and oxygen atoms in total. The van der Waals surface area contributed by atoms with Gasteiger partial charge in [0.15, 0.2) is 0 Å². The van der Waals surface area contributed by atoms with Gasteiger partial charge < -0.3 is 19.5 Å². The molecule has 0 aromatic heterocycles. The first-order valence-corrected chi connectivity index (χ1v) is 8.29. The van der Waals surface area contributed by atoms with Crippen LogP contribution < -0.4 is 5.32 Å². The van der Waals surface area contributed by atoms with Gasteiger partial charge in [-0.3, -0.25) is 0 Å². The molecule has 3 rings (SSSR count). The predicted octanol–water partition coefficient (Wildman–Crippen LogP) is 3.05. The summed E-state index contributed by atoms with van der Waals surface area (Å²) in [6.07, 6.45) is 2.46. The molecule has 1 aliphatic heterocycles. The average molecular weight is 361 g/mol. The number of amides is 1. The van der Waals surface area contributed by atoms with Crippen molar-refractivity contribution in [2.45, 2.75) is 26.2 Å². The minimum atomic E-state index is -0.834. The third-order valence-electron chi connectivity index (χ3n) is 4.65. The first kappa shape index (κ1) is 18.0. The molecule has 7 heteroatoms. The summed E-state index contributed by atoms with van der Waals surface area (Å²) in [4.78, 5) is 24.0. The Balaban J connectivity index is 1.63. The normalized spacial score (nSPS) is 23.9. The Kier molecular flexibility index (Phi) is 5.25. The molecule has 1 N–H and O–H groups in total. The fourth-order valence-electron chi connectivity index (χ4n) is 3.34. The molecule has 3 atom stereocenters. The van der Waals surface area contributed by atoms with Crippen LogP contribution in [0.4, 0.5) is 9.18 Å². The Labute approximate surface area is 150 Å². The Morgan fingerprint density at radius 1 is 1.38 bits per heavy atom. The Hall–Kier alpha value is -2.83. The smallest absolute Gasteiger partial charge is 0.410 e. The second kappa shape index (κ2) is 7.59. The summed E-state index contributed by atoms with van der Waals surface area (Å²) in [7, 11) is 1.32. The molecule has 0 saturated heterocycles. The Morgan fingerprint density at radius 3 is 2.92 bits per heavy atom. The highest BCUT2D eigenvalue weighted by atomic mass is 19.1. The molecule has 3 unspecified atom stereocenters. The van der Waals surface area contributed by atoms with Crippen LogP contribution in [0.15, 0.2) is 47.7 Å². The number of hydrogen-bond donors (Lipinski definition) is 1. The summed E-state index contributed by atoms with van der Waals surface area (Å²) < 4.78 is 28.8. The van der Waals surface area contributed by atoms with Crippen molar-refractivity contribution in [1.29, 1.82) is 0 Å². The van der Waals surface area contributed by atoms with Crippen molar-refractivity contribution < 1.29 is 28.2 Å². The number of allylic oxidation sites excluding steroid dienone is 1. The van der Waals surface area contributed by atoms with Crippen LogP contribution in [0.5, 0.6) is 0 Å². The second-order valence-electron chi connectivity index (χ2n) is 6.27. The van der Waals surface area contributed by atoms with Crippen LogP contribution in [0.25, 0.3) is 0 Å². The van der Waals surface area contributed by atoms with Gasteiger partial charge in [0.05, 0.1) is 24.9 Å². The molecular formula is C19H20FNO5. The lowest BCUT2D eigenvalue weighted by molar-refractivity contribution is -0.141. The maximum absolute atomic E-state index is 13.2. The number of methoxy groups -OCH3 is 1. The van der Waals surface area contributed by atoms with Crippen molar-refractivity contribution in [2.75, 3.05) is 7.11 Å². The number of ether oxygens (including phenoxy) is 3. The van der Waals surface area contributed by atoms with Crippen LogP contribution in [0.3, 0.4) is 0 Å². The zero-order valence-electron chi connectivity index (χ0n) is 14.5. The van der Waals surface area contributed by atoms with E-state index in [-0.39, 0.29) is 24.2 Å². The number of halogens is 1. The van der Waals surface area contributed by atoms with E-state index in [9.17, 15) is 14.0 Å². The summed E-state index contributed by atoms with van der Waals surface area (Å²) in [5.41, 5.74) is 2.05. The van der Waals surface area contributed by atoms with Gasteiger partial charge in [-0.05, 0) is 31.0 Å². The fourth-order valence-corrected chi connectivity index (χ4v) is 3.34. The van der Waals surface area contributed by atoms with Crippen molar-refractivity contribution in [1.82, 2.24) is 5.32 Å². The van der Waals surface area contributed by atoms with E-state index in [4.69, 9.17) is 14.2 Å². The quantitative estimate of drug-likeness (QED) is 0.659. The van der Waals surface area contributed by atoms with E-state index in [1.807, 2.05) is 13.0 Å². The number of hydrogen-bond acceptors (Lipinski definition) is 5. The van der Waals surface area contributed by atoms with Gasteiger partial charge in [0.25, 0.3) is 6.29 Å². The van der Waals surface area contributed by atoms with Crippen LogP contribution >= 0.6 is 0 Å². The first-order chi connectivity index (χ1) is 12.5. The monoisotopic (exact) mass is 361 g/mol. The molecule has 0 saturated carbocycles. The van der Waals surface area contributed by atoms with Crippen LogP contribution in [0.2, 0.25) is 0 Å². The van der Waals surface area contributed by atoms with E-state index < -0.39 is 18.4 Å². The van der Waals surface area contributed by atoms with Gasteiger partial charge in [0, 0.05) is 12.5 Å². The molecule has 1 amide bonds. The molecule has 1 heterocycles. The van der Waals surface area contributed by atoms with Gasteiger partial charge in [-0.1, -0.05) is 23.8 Å². The topological polar surface area (TPSA) is 73.9 Å². The summed E-state index contributed by atoms with van der Waals surface area (Å²) >= 11 is 0. The third kappa shape index (κ3) is 3.71. The molecule has 0 spiro atoms. The first-order valence-electron chi connectivity index (χ1n) is 8.29. The van der Waals surface area contributed by atoms with Crippen molar-refractivity contribution in [3.8, 4) is 0 Å². The van der Waals surface area contributed by atoms with Gasteiger partial charge in [-0.2, -0.15) is 0 Å². The number of fused-ring (bicyclic) bond motifs is 1. The molecule has 26 heavy (non-hydrogen) atoms. The standard InChI is InChI=1S/C19H20FNO5/c1-11-6-7-14-15(17(22)24-2)10-25-18(16(11)14)26-19(23)21-9-12-4-3-5-13(20)8-12/h3-6,8,10,14,16,18H,7,9H2,1-2H3,(H,21,23). The van der Waals surface area contributed by atoms with Crippen molar-refractivity contribution >= 4 is 12.1 Å². The molecule has 0 bridgehead atoms. The van der Waals surface area contributed by atoms with Gasteiger partial charge in [0.1, 0.15) is 5.82 Å². The van der Waals surface area contributed by atoms with Crippen molar-refractivity contribution in [3.05, 3.63) is 59.1 Å². The number of carbonyl (C=O) groups is 2. The SMILES string of the molecule is COC(=O)C1=COC(OC(=O)NCc2cccc(F)c2)C2C(C)=CCC12. The van der Waals surface area contributed by atoms with Gasteiger partial charge in [-0.25, -0.2) is 14.0 Å². The van der Waals surface area contributed by atoms with Crippen LogP contribution in [-0.4, -0.2) is 25.5 Å². The van der Waals surface area contributed by atoms with Crippen molar-refractivity contribution in [2.24, 2.45) is 11.8 Å². The van der Waals surface area contributed by atoms with Gasteiger partial charge in [-0.15, -0.1) is 0 Å². The number of benzene rings is 1. The minimum absolute atomic E-state index is 0.134. The maximum Gasteiger partial charge on any atom is 0.410 e. The van der Waals surface area contributed by atoms with Crippen LogP contribution in [-0.2, 0) is 25.5 Å². The predicted molar refractivity (Wildman–Crippen MR) is 90.0 cm³/mol. The van der Waals surface area contributed by atoms with Crippen LogP contribution in [0.1, 0.15) is 18.9 Å². The number of nitrogens with one attached hydrogen (secondary N) is 1. The number of carbonyl (C=O) groups excluding carboxylic acids is 2. The third-order valence-corrected chi connectivity index (χ3v) is 4.65. The molecule has 2 aliphatic rings. The largest absolute Gasteiger partial charge is 0.466 e.